The second-order valence-corrected chi connectivity index (χ2v) is 4.33. The first-order chi connectivity index (χ1) is 6.58. The summed E-state index contributed by atoms with van der Waals surface area (Å²) >= 11 is 3.34. The Balaban J connectivity index is 2.61. The van der Waals surface area contributed by atoms with Crippen LogP contribution in [0.2, 0.25) is 0 Å². The van der Waals surface area contributed by atoms with Crippen LogP contribution < -0.4 is 5.32 Å². The van der Waals surface area contributed by atoms with E-state index in [1.807, 2.05) is 6.92 Å². The van der Waals surface area contributed by atoms with Crippen LogP contribution in [0.4, 0.5) is 0 Å². The molecule has 0 saturated carbocycles. The van der Waals surface area contributed by atoms with E-state index in [0.717, 1.165) is 17.6 Å². The van der Waals surface area contributed by atoms with Crippen LogP contribution in [-0.2, 0) is 5.60 Å². The quantitative estimate of drug-likeness (QED) is 0.800. The second kappa shape index (κ2) is 4.96. The summed E-state index contributed by atoms with van der Waals surface area (Å²) in [5.41, 5.74) is -0.912. The first-order valence-corrected chi connectivity index (χ1v) is 5.54. The maximum atomic E-state index is 10.1. The molecule has 0 aliphatic heterocycles. The minimum absolute atomic E-state index is 0.593. The highest BCUT2D eigenvalue weighted by Gasteiger charge is 2.28. The Labute approximate surface area is 92.6 Å². The molecule has 0 saturated heterocycles. The highest BCUT2D eigenvalue weighted by atomic mass is 79.9. The van der Waals surface area contributed by atoms with Gasteiger partial charge in [-0.1, -0.05) is 6.92 Å². The molecule has 14 heavy (non-hydrogen) atoms. The average molecular weight is 262 g/mol. The zero-order valence-corrected chi connectivity index (χ0v) is 10.1. The SMILES string of the molecule is CCNCCC(C)(O)c1occc1Br. The van der Waals surface area contributed by atoms with Crippen molar-refractivity contribution in [2.45, 2.75) is 25.9 Å². The lowest BCUT2D eigenvalue weighted by Crippen LogP contribution is -2.27. The molecule has 0 aromatic carbocycles. The molecule has 0 spiro atoms. The van der Waals surface area contributed by atoms with Crippen molar-refractivity contribution in [1.29, 1.82) is 0 Å². The average Bonchev–Trinajstić information content (AvgIpc) is 2.52. The molecule has 0 bridgehead atoms. The summed E-state index contributed by atoms with van der Waals surface area (Å²) < 4.78 is 6.05. The lowest BCUT2D eigenvalue weighted by atomic mass is 9.99. The Morgan fingerprint density at radius 1 is 1.64 bits per heavy atom. The zero-order valence-electron chi connectivity index (χ0n) is 8.51. The standard InChI is InChI=1S/C10H16BrNO2/c1-3-12-6-5-10(2,13)9-8(11)4-7-14-9/h4,7,12-13H,3,5-6H2,1-2H3. The van der Waals surface area contributed by atoms with Crippen molar-refractivity contribution in [2.24, 2.45) is 0 Å². The molecular formula is C10H16BrNO2. The molecule has 1 rings (SSSR count). The van der Waals surface area contributed by atoms with Gasteiger partial charge in [-0.15, -0.1) is 0 Å². The van der Waals surface area contributed by atoms with E-state index in [4.69, 9.17) is 4.42 Å². The lowest BCUT2D eigenvalue weighted by molar-refractivity contribution is 0.0249. The van der Waals surface area contributed by atoms with Crippen LogP contribution in [0.5, 0.6) is 0 Å². The minimum Gasteiger partial charge on any atom is -0.465 e. The molecule has 1 heterocycles. The third kappa shape index (κ3) is 2.83. The number of halogens is 1. The Morgan fingerprint density at radius 2 is 2.36 bits per heavy atom. The molecule has 4 heteroatoms. The zero-order chi connectivity index (χ0) is 10.6. The summed E-state index contributed by atoms with van der Waals surface area (Å²) in [4.78, 5) is 0. The van der Waals surface area contributed by atoms with Crippen molar-refractivity contribution in [3.63, 3.8) is 0 Å². The van der Waals surface area contributed by atoms with Gasteiger partial charge in [0.05, 0.1) is 10.7 Å². The van der Waals surface area contributed by atoms with Crippen molar-refractivity contribution in [2.75, 3.05) is 13.1 Å². The van der Waals surface area contributed by atoms with E-state index in [0.29, 0.717) is 12.2 Å². The lowest BCUT2D eigenvalue weighted by Gasteiger charge is -2.21. The molecule has 1 unspecified atom stereocenters. The predicted octanol–water partition coefficient (Wildman–Crippen LogP) is 2.25. The minimum atomic E-state index is -0.912. The third-order valence-corrected chi connectivity index (χ3v) is 2.77. The summed E-state index contributed by atoms with van der Waals surface area (Å²) in [5, 5.41) is 13.3. The fourth-order valence-electron chi connectivity index (χ4n) is 1.30. The maximum Gasteiger partial charge on any atom is 0.149 e. The van der Waals surface area contributed by atoms with Gasteiger partial charge in [0.1, 0.15) is 11.4 Å². The molecule has 1 aromatic heterocycles. The Bertz CT molecular complexity index is 283. The van der Waals surface area contributed by atoms with E-state index in [1.165, 1.54) is 0 Å². The fourth-order valence-corrected chi connectivity index (χ4v) is 1.93. The predicted molar refractivity (Wildman–Crippen MR) is 59.1 cm³/mol. The molecule has 0 aliphatic carbocycles. The van der Waals surface area contributed by atoms with Crippen LogP contribution in [0.3, 0.4) is 0 Å². The van der Waals surface area contributed by atoms with E-state index in [9.17, 15) is 5.11 Å². The van der Waals surface area contributed by atoms with Crippen molar-refractivity contribution < 1.29 is 9.52 Å². The molecule has 0 amide bonds. The molecule has 80 valence electrons. The van der Waals surface area contributed by atoms with E-state index >= 15 is 0 Å². The smallest absolute Gasteiger partial charge is 0.149 e. The molecule has 0 aliphatic rings. The van der Waals surface area contributed by atoms with Gasteiger partial charge in [-0.3, -0.25) is 0 Å². The van der Waals surface area contributed by atoms with Crippen LogP contribution in [0.1, 0.15) is 26.0 Å². The summed E-state index contributed by atoms with van der Waals surface area (Å²) in [6, 6.07) is 1.79. The number of nitrogens with one attached hydrogen (secondary N) is 1. The number of aliphatic hydroxyl groups is 1. The van der Waals surface area contributed by atoms with Gasteiger partial charge in [0, 0.05) is 0 Å². The van der Waals surface area contributed by atoms with Crippen LogP contribution >= 0.6 is 15.9 Å². The Kier molecular flexibility index (Phi) is 4.16. The number of hydrogen-bond donors (Lipinski definition) is 2. The van der Waals surface area contributed by atoms with Gasteiger partial charge < -0.3 is 14.8 Å². The van der Waals surface area contributed by atoms with E-state index in [2.05, 4.69) is 21.2 Å². The summed E-state index contributed by atoms with van der Waals surface area (Å²) in [5.74, 6) is 0.593. The summed E-state index contributed by atoms with van der Waals surface area (Å²) in [7, 11) is 0. The third-order valence-electron chi connectivity index (χ3n) is 2.14. The molecule has 1 atom stereocenters. The molecule has 2 N–H and O–H groups in total. The Hall–Kier alpha value is -0.320. The van der Waals surface area contributed by atoms with Crippen molar-refractivity contribution in [3.05, 3.63) is 22.6 Å². The summed E-state index contributed by atoms with van der Waals surface area (Å²) in [6.07, 6.45) is 2.20. The van der Waals surface area contributed by atoms with E-state index in [1.54, 1.807) is 19.3 Å². The van der Waals surface area contributed by atoms with Crippen LogP contribution in [0, 0.1) is 0 Å². The second-order valence-electron chi connectivity index (χ2n) is 3.48. The van der Waals surface area contributed by atoms with Gasteiger partial charge in [0.25, 0.3) is 0 Å². The fraction of sp³-hybridized carbons (Fsp3) is 0.600. The summed E-state index contributed by atoms with van der Waals surface area (Å²) in [6.45, 7) is 5.48. The largest absolute Gasteiger partial charge is 0.465 e. The highest BCUT2D eigenvalue weighted by Crippen LogP contribution is 2.31. The molecule has 1 aromatic rings. The topological polar surface area (TPSA) is 45.4 Å². The number of rotatable bonds is 5. The van der Waals surface area contributed by atoms with Gasteiger partial charge >= 0.3 is 0 Å². The van der Waals surface area contributed by atoms with Crippen molar-refractivity contribution in [1.82, 2.24) is 5.32 Å². The Morgan fingerprint density at radius 3 is 2.86 bits per heavy atom. The van der Waals surface area contributed by atoms with Crippen LogP contribution in [0.15, 0.2) is 21.2 Å². The molecular weight excluding hydrogens is 246 g/mol. The van der Waals surface area contributed by atoms with E-state index in [-0.39, 0.29) is 0 Å². The van der Waals surface area contributed by atoms with Gasteiger partial charge in [0.2, 0.25) is 0 Å². The molecule has 0 fully saturated rings. The van der Waals surface area contributed by atoms with Gasteiger partial charge in [-0.05, 0) is 48.4 Å². The number of furan rings is 1. The van der Waals surface area contributed by atoms with Gasteiger partial charge in [0.15, 0.2) is 0 Å². The first kappa shape index (κ1) is 11.8. The normalized spacial score (nSPS) is 15.4. The molecule has 3 nitrogen and oxygen atoms in total. The highest BCUT2D eigenvalue weighted by molar-refractivity contribution is 9.10. The first-order valence-electron chi connectivity index (χ1n) is 4.74. The van der Waals surface area contributed by atoms with E-state index < -0.39 is 5.60 Å². The maximum absolute atomic E-state index is 10.1. The van der Waals surface area contributed by atoms with Crippen LogP contribution in [0.25, 0.3) is 0 Å². The van der Waals surface area contributed by atoms with Gasteiger partial charge in [-0.2, -0.15) is 0 Å². The van der Waals surface area contributed by atoms with Gasteiger partial charge in [-0.25, -0.2) is 0 Å². The van der Waals surface area contributed by atoms with Crippen LogP contribution in [-0.4, -0.2) is 18.2 Å². The molecule has 0 radical (unpaired) electrons. The number of hydrogen-bond acceptors (Lipinski definition) is 3. The van der Waals surface area contributed by atoms with Crippen molar-refractivity contribution >= 4 is 15.9 Å². The van der Waals surface area contributed by atoms with Crippen molar-refractivity contribution in [3.8, 4) is 0 Å². The monoisotopic (exact) mass is 261 g/mol.